The minimum Gasteiger partial charge on any atom is -0.495 e. The smallest absolute Gasteiger partial charge is 0.243 e. The number of anilines is 2. The highest BCUT2D eigenvalue weighted by molar-refractivity contribution is 5.95. The Morgan fingerprint density at radius 1 is 1.13 bits per heavy atom. The van der Waals surface area contributed by atoms with Crippen molar-refractivity contribution in [3.8, 4) is 11.5 Å². The Morgan fingerprint density at radius 3 is 2.52 bits per heavy atom. The first-order valence-corrected chi connectivity index (χ1v) is 7.53. The molecule has 0 spiro atoms. The van der Waals surface area contributed by atoms with Crippen LogP contribution in [-0.2, 0) is 4.79 Å². The number of aryl methyl sites for hydroxylation is 1. The molecule has 23 heavy (non-hydrogen) atoms. The molecule has 0 atom stereocenters. The van der Waals surface area contributed by atoms with E-state index in [0.29, 0.717) is 18.0 Å². The van der Waals surface area contributed by atoms with Crippen molar-refractivity contribution in [3.05, 3.63) is 48.0 Å². The van der Waals surface area contributed by atoms with Crippen molar-refractivity contribution in [2.75, 3.05) is 30.9 Å². The summed E-state index contributed by atoms with van der Waals surface area (Å²) < 4.78 is 10.6. The second-order valence-corrected chi connectivity index (χ2v) is 5.06. The average molecular weight is 314 g/mol. The highest BCUT2D eigenvalue weighted by Crippen LogP contribution is 2.25. The molecule has 0 bridgehead atoms. The minimum atomic E-state index is -0.136. The fourth-order valence-corrected chi connectivity index (χ4v) is 2.13. The van der Waals surface area contributed by atoms with Gasteiger partial charge in [0.25, 0.3) is 0 Å². The van der Waals surface area contributed by atoms with Crippen LogP contribution < -0.4 is 20.1 Å². The Bertz CT molecular complexity index is 654. The van der Waals surface area contributed by atoms with Crippen LogP contribution in [0.3, 0.4) is 0 Å². The van der Waals surface area contributed by atoms with E-state index in [0.717, 1.165) is 17.0 Å². The van der Waals surface area contributed by atoms with Crippen molar-refractivity contribution in [2.45, 2.75) is 13.8 Å². The lowest BCUT2D eigenvalue weighted by Crippen LogP contribution is -2.22. The zero-order valence-electron chi connectivity index (χ0n) is 13.7. The van der Waals surface area contributed by atoms with Crippen LogP contribution in [0.25, 0.3) is 0 Å². The van der Waals surface area contributed by atoms with Crippen molar-refractivity contribution in [3.63, 3.8) is 0 Å². The van der Waals surface area contributed by atoms with Crippen LogP contribution in [0.1, 0.15) is 12.5 Å². The van der Waals surface area contributed by atoms with Crippen LogP contribution in [0.5, 0.6) is 11.5 Å². The van der Waals surface area contributed by atoms with Gasteiger partial charge in [0.1, 0.15) is 11.5 Å². The molecule has 5 nitrogen and oxygen atoms in total. The number of hydrogen-bond acceptors (Lipinski definition) is 4. The van der Waals surface area contributed by atoms with E-state index in [2.05, 4.69) is 10.6 Å². The number of nitrogens with one attached hydrogen (secondary N) is 2. The van der Waals surface area contributed by atoms with Crippen LogP contribution in [0.2, 0.25) is 0 Å². The quantitative estimate of drug-likeness (QED) is 0.822. The predicted octanol–water partition coefficient (Wildman–Crippen LogP) is 3.45. The largest absolute Gasteiger partial charge is 0.495 e. The molecule has 0 saturated heterocycles. The molecule has 0 aliphatic rings. The summed E-state index contributed by atoms with van der Waals surface area (Å²) in [6, 6.07) is 13.2. The third-order valence-corrected chi connectivity index (χ3v) is 3.25. The predicted molar refractivity (Wildman–Crippen MR) is 92.5 cm³/mol. The van der Waals surface area contributed by atoms with Crippen molar-refractivity contribution < 1.29 is 14.3 Å². The normalized spacial score (nSPS) is 10.0. The van der Waals surface area contributed by atoms with Gasteiger partial charge in [-0.3, -0.25) is 4.79 Å². The summed E-state index contributed by atoms with van der Waals surface area (Å²) in [5.41, 5.74) is 2.59. The standard InChI is InChI=1S/C18H22N2O3/c1-4-23-15-8-6-14(7-9-15)19-12-18(21)20-16-11-13(2)5-10-17(16)22-3/h5-11,19H,4,12H2,1-3H3,(H,20,21). The van der Waals surface area contributed by atoms with Gasteiger partial charge < -0.3 is 20.1 Å². The second kappa shape index (κ2) is 8.08. The van der Waals surface area contributed by atoms with E-state index in [-0.39, 0.29) is 12.5 Å². The Hall–Kier alpha value is -2.69. The number of amides is 1. The Morgan fingerprint density at radius 2 is 1.87 bits per heavy atom. The summed E-state index contributed by atoms with van der Waals surface area (Å²) in [5, 5.41) is 5.93. The number of benzene rings is 2. The van der Waals surface area contributed by atoms with Crippen LogP contribution in [-0.4, -0.2) is 26.2 Å². The molecule has 0 unspecified atom stereocenters. The monoisotopic (exact) mass is 314 g/mol. The summed E-state index contributed by atoms with van der Waals surface area (Å²) in [7, 11) is 1.58. The first-order valence-electron chi connectivity index (χ1n) is 7.53. The van der Waals surface area contributed by atoms with Gasteiger partial charge in [0.15, 0.2) is 0 Å². The maximum absolute atomic E-state index is 12.1. The Balaban J connectivity index is 1.91. The molecule has 2 rings (SSSR count). The molecule has 0 saturated carbocycles. The van der Waals surface area contributed by atoms with Crippen molar-refractivity contribution >= 4 is 17.3 Å². The molecule has 1 amide bonds. The number of carbonyl (C=O) groups is 1. The van der Waals surface area contributed by atoms with Gasteiger partial charge in [0, 0.05) is 5.69 Å². The number of ether oxygens (including phenoxy) is 2. The van der Waals surface area contributed by atoms with Gasteiger partial charge in [-0.15, -0.1) is 0 Å². The van der Waals surface area contributed by atoms with Crippen LogP contribution in [0.4, 0.5) is 11.4 Å². The Labute approximate surface area is 136 Å². The fraction of sp³-hybridized carbons (Fsp3) is 0.278. The zero-order chi connectivity index (χ0) is 16.7. The zero-order valence-corrected chi connectivity index (χ0v) is 13.7. The molecular formula is C18H22N2O3. The molecule has 5 heteroatoms. The summed E-state index contributed by atoms with van der Waals surface area (Å²) in [6.07, 6.45) is 0. The molecule has 0 aliphatic carbocycles. The van der Waals surface area contributed by atoms with Crippen LogP contribution in [0, 0.1) is 6.92 Å². The molecule has 2 aromatic rings. The lowest BCUT2D eigenvalue weighted by molar-refractivity contribution is -0.114. The van der Waals surface area contributed by atoms with Gasteiger partial charge in [0.2, 0.25) is 5.91 Å². The topological polar surface area (TPSA) is 59.6 Å². The number of carbonyl (C=O) groups excluding carboxylic acids is 1. The van der Waals surface area contributed by atoms with Crippen molar-refractivity contribution in [1.82, 2.24) is 0 Å². The first kappa shape index (κ1) is 16.7. The molecule has 0 aliphatic heterocycles. The third-order valence-electron chi connectivity index (χ3n) is 3.25. The van der Waals surface area contributed by atoms with Crippen molar-refractivity contribution in [2.24, 2.45) is 0 Å². The van der Waals surface area contributed by atoms with Gasteiger partial charge in [-0.1, -0.05) is 6.07 Å². The van der Waals surface area contributed by atoms with E-state index in [1.165, 1.54) is 0 Å². The molecule has 0 aromatic heterocycles. The summed E-state index contributed by atoms with van der Waals surface area (Å²) in [5.74, 6) is 1.32. The van der Waals surface area contributed by atoms with Crippen LogP contribution >= 0.6 is 0 Å². The van der Waals surface area contributed by atoms with E-state index in [1.807, 2.05) is 56.3 Å². The maximum atomic E-state index is 12.1. The summed E-state index contributed by atoms with van der Waals surface area (Å²) >= 11 is 0. The Kier molecular flexibility index (Phi) is 5.86. The maximum Gasteiger partial charge on any atom is 0.243 e. The molecule has 122 valence electrons. The first-order chi connectivity index (χ1) is 11.1. The van der Waals surface area contributed by atoms with E-state index >= 15 is 0 Å². The van der Waals surface area contributed by atoms with E-state index in [1.54, 1.807) is 7.11 Å². The number of rotatable bonds is 7. The van der Waals surface area contributed by atoms with E-state index in [4.69, 9.17) is 9.47 Å². The molecule has 0 heterocycles. The van der Waals surface area contributed by atoms with Gasteiger partial charge in [0.05, 0.1) is 25.9 Å². The lowest BCUT2D eigenvalue weighted by Gasteiger charge is -2.12. The van der Waals surface area contributed by atoms with Gasteiger partial charge in [-0.05, 0) is 55.8 Å². The third kappa shape index (κ3) is 4.92. The number of methoxy groups -OCH3 is 1. The molecule has 2 aromatic carbocycles. The molecule has 0 fully saturated rings. The SMILES string of the molecule is CCOc1ccc(NCC(=O)Nc2cc(C)ccc2OC)cc1. The van der Waals surface area contributed by atoms with Gasteiger partial charge >= 0.3 is 0 Å². The molecule has 2 N–H and O–H groups in total. The van der Waals surface area contributed by atoms with Crippen LogP contribution in [0.15, 0.2) is 42.5 Å². The average Bonchev–Trinajstić information content (AvgIpc) is 2.55. The molecular weight excluding hydrogens is 292 g/mol. The lowest BCUT2D eigenvalue weighted by atomic mass is 10.2. The summed E-state index contributed by atoms with van der Waals surface area (Å²) in [4.78, 5) is 12.1. The highest BCUT2D eigenvalue weighted by Gasteiger charge is 2.07. The molecule has 0 radical (unpaired) electrons. The second-order valence-electron chi connectivity index (χ2n) is 5.06. The highest BCUT2D eigenvalue weighted by atomic mass is 16.5. The van der Waals surface area contributed by atoms with Gasteiger partial charge in [-0.25, -0.2) is 0 Å². The van der Waals surface area contributed by atoms with E-state index < -0.39 is 0 Å². The fourth-order valence-electron chi connectivity index (χ4n) is 2.13. The van der Waals surface area contributed by atoms with E-state index in [9.17, 15) is 4.79 Å². The van der Waals surface area contributed by atoms with Crippen molar-refractivity contribution in [1.29, 1.82) is 0 Å². The summed E-state index contributed by atoms with van der Waals surface area (Å²) in [6.45, 7) is 4.71. The van der Waals surface area contributed by atoms with Gasteiger partial charge in [-0.2, -0.15) is 0 Å². The number of hydrogen-bond donors (Lipinski definition) is 2. The minimum absolute atomic E-state index is 0.136.